The third kappa shape index (κ3) is 3.23. The summed E-state index contributed by atoms with van der Waals surface area (Å²) in [6.07, 6.45) is 0. The molecule has 0 aliphatic heterocycles. The van der Waals surface area contributed by atoms with E-state index in [1.807, 2.05) is 0 Å². The number of carbonyl (C=O) groups excluding carboxylic acids is 1. The van der Waals surface area contributed by atoms with Crippen molar-refractivity contribution in [1.82, 2.24) is 0 Å². The number of carbonyl (C=O) groups is 1. The van der Waals surface area contributed by atoms with Crippen molar-refractivity contribution in [2.24, 2.45) is 5.73 Å². The van der Waals surface area contributed by atoms with E-state index in [9.17, 15) is 9.18 Å². The number of halogens is 2. The predicted octanol–water partition coefficient (Wildman–Crippen LogP) is 3.16. The molecule has 0 unspecified atom stereocenters. The molecule has 2 rings (SSSR count). The molecule has 5 heteroatoms. The summed E-state index contributed by atoms with van der Waals surface area (Å²) in [6, 6.07) is 11.1. The van der Waals surface area contributed by atoms with E-state index in [1.54, 1.807) is 30.3 Å². The van der Waals surface area contributed by atoms with E-state index >= 15 is 0 Å². The first-order valence-electron chi connectivity index (χ1n) is 5.53. The summed E-state index contributed by atoms with van der Waals surface area (Å²) in [5, 5.41) is 0.0481. The number of ether oxygens (including phenoxy) is 1. The van der Waals surface area contributed by atoms with Gasteiger partial charge in [0.15, 0.2) is 0 Å². The molecule has 0 saturated carbocycles. The minimum atomic E-state index is -0.542. The summed E-state index contributed by atoms with van der Waals surface area (Å²) >= 11 is 5.67. The summed E-state index contributed by atoms with van der Waals surface area (Å²) in [5.41, 5.74) is 5.84. The summed E-state index contributed by atoms with van der Waals surface area (Å²) in [7, 11) is 0. The van der Waals surface area contributed by atoms with Crippen molar-refractivity contribution in [3.05, 3.63) is 64.4 Å². The van der Waals surface area contributed by atoms with Crippen molar-refractivity contribution < 1.29 is 13.9 Å². The van der Waals surface area contributed by atoms with E-state index in [4.69, 9.17) is 22.1 Å². The van der Waals surface area contributed by atoms with Crippen molar-refractivity contribution in [3.63, 3.8) is 0 Å². The molecule has 0 spiro atoms. The van der Waals surface area contributed by atoms with Crippen LogP contribution in [-0.4, -0.2) is 5.91 Å². The van der Waals surface area contributed by atoms with Gasteiger partial charge >= 0.3 is 0 Å². The second-order valence-electron chi connectivity index (χ2n) is 3.89. The van der Waals surface area contributed by atoms with Gasteiger partial charge in [-0.3, -0.25) is 4.79 Å². The molecule has 2 N–H and O–H groups in total. The van der Waals surface area contributed by atoms with E-state index in [0.29, 0.717) is 16.9 Å². The Kier molecular flexibility index (Phi) is 4.02. The van der Waals surface area contributed by atoms with Gasteiger partial charge < -0.3 is 10.5 Å². The minimum Gasteiger partial charge on any atom is -0.489 e. The molecule has 0 heterocycles. The third-order valence-electron chi connectivity index (χ3n) is 2.54. The summed E-state index contributed by atoms with van der Waals surface area (Å²) in [5.74, 6) is -0.606. The van der Waals surface area contributed by atoms with Crippen LogP contribution in [0.3, 0.4) is 0 Å². The first-order chi connectivity index (χ1) is 9.08. The van der Waals surface area contributed by atoms with E-state index < -0.39 is 11.7 Å². The van der Waals surface area contributed by atoms with Crippen LogP contribution in [0.15, 0.2) is 42.5 Å². The maximum atomic E-state index is 13.6. The third-order valence-corrected chi connectivity index (χ3v) is 2.84. The van der Waals surface area contributed by atoms with Crippen LogP contribution in [0.25, 0.3) is 0 Å². The second kappa shape index (κ2) is 5.71. The highest BCUT2D eigenvalue weighted by molar-refractivity contribution is 6.30. The maximum absolute atomic E-state index is 13.6. The molecule has 0 aliphatic carbocycles. The normalized spacial score (nSPS) is 10.2. The van der Waals surface area contributed by atoms with Crippen molar-refractivity contribution >= 4 is 17.5 Å². The van der Waals surface area contributed by atoms with Crippen molar-refractivity contribution in [3.8, 4) is 5.75 Å². The maximum Gasteiger partial charge on any atom is 0.248 e. The molecule has 0 aliphatic rings. The molecule has 98 valence electrons. The van der Waals surface area contributed by atoms with E-state index in [2.05, 4.69) is 0 Å². The fraction of sp³-hybridized carbons (Fsp3) is 0.0714. The fourth-order valence-electron chi connectivity index (χ4n) is 1.56. The molecule has 0 saturated heterocycles. The molecular formula is C14H11ClFNO2. The van der Waals surface area contributed by atoms with Crippen LogP contribution in [0.4, 0.5) is 4.39 Å². The predicted molar refractivity (Wildman–Crippen MR) is 70.7 cm³/mol. The lowest BCUT2D eigenvalue weighted by Crippen LogP contribution is -2.10. The lowest BCUT2D eigenvalue weighted by atomic mass is 10.2. The molecule has 0 fully saturated rings. The van der Waals surface area contributed by atoms with Crippen molar-refractivity contribution in [2.75, 3.05) is 0 Å². The van der Waals surface area contributed by atoms with Gasteiger partial charge in [0.2, 0.25) is 5.91 Å². The number of primary amides is 1. The van der Waals surface area contributed by atoms with E-state index in [0.717, 1.165) is 0 Å². The Balaban J connectivity index is 2.12. The highest BCUT2D eigenvalue weighted by atomic mass is 35.5. The monoisotopic (exact) mass is 279 g/mol. The Labute approximate surface area is 114 Å². The summed E-state index contributed by atoms with van der Waals surface area (Å²) in [4.78, 5) is 11.0. The quantitative estimate of drug-likeness (QED) is 0.935. The summed E-state index contributed by atoms with van der Waals surface area (Å²) < 4.78 is 19.0. The molecular weight excluding hydrogens is 269 g/mol. The summed E-state index contributed by atoms with van der Waals surface area (Å²) in [6.45, 7) is 0.0224. The van der Waals surface area contributed by atoms with Crippen LogP contribution in [0.5, 0.6) is 5.75 Å². The number of rotatable bonds is 4. The largest absolute Gasteiger partial charge is 0.489 e. The lowest BCUT2D eigenvalue weighted by molar-refractivity contribution is 0.1000. The Morgan fingerprint density at radius 1 is 1.26 bits per heavy atom. The van der Waals surface area contributed by atoms with Gasteiger partial charge in [-0.15, -0.1) is 0 Å². The second-order valence-corrected chi connectivity index (χ2v) is 4.30. The molecule has 0 radical (unpaired) electrons. The first kappa shape index (κ1) is 13.4. The molecule has 2 aromatic rings. The lowest BCUT2D eigenvalue weighted by Gasteiger charge is -2.08. The fourth-order valence-corrected chi connectivity index (χ4v) is 1.75. The number of amides is 1. The molecule has 2 aromatic carbocycles. The van der Waals surface area contributed by atoms with Gasteiger partial charge in [-0.2, -0.15) is 0 Å². The van der Waals surface area contributed by atoms with Crippen LogP contribution in [0, 0.1) is 5.82 Å². The Bertz CT molecular complexity index is 616. The highest BCUT2D eigenvalue weighted by Gasteiger charge is 2.07. The van der Waals surface area contributed by atoms with Crippen molar-refractivity contribution in [1.29, 1.82) is 0 Å². The number of benzene rings is 2. The van der Waals surface area contributed by atoms with Crippen LogP contribution in [-0.2, 0) is 6.61 Å². The zero-order valence-corrected chi connectivity index (χ0v) is 10.7. The van der Waals surface area contributed by atoms with Gasteiger partial charge in [-0.1, -0.05) is 29.8 Å². The van der Waals surface area contributed by atoms with Crippen molar-refractivity contribution in [2.45, 2.75) is 6.61 Å². The number of nitrogens with two attached hydrogens (primary N) is 1. The molecule has 1 amide bonds. The van der Waals surface area contributed by atoms with Gasteiger partial charge in [0.05, 0.1) is 5.02 Å². The topological polar surface area (TPSA) is 52.3 Å². The van der Waals surface area contributed by atoms with Gasteiger partial charge in [0.1, 0.15) is 18.2 Å². The van der Waals surface area contributed by atoms with Crippen LogP contribution >= 0.6 is 11.6 Å². The zero-order chi connectivity index (χ0) is 13.8. The van der Waals surface area contributed by atoms with Crippen LogP contribution in [0.1, 0.15) is 15.9 Å². The van der Waals surface area contributed by atoms with Crippen LogP contribution < -0.4 is 10.5 Å². The van der Waals surface area contributed by atoms with Gasteiger partial charge in [-0.25, -0.2) is 4.39 Å². The standard InChI is InChI=1S/C14H11ClFNO2/c15-12-6-2-4-10(13(12)16)8-19-11-5-1-3-9(7-11)14(17)18/h1-7H,8H2,(H2,17,18). The van der Waals surface area contributed by atoms with E-state index in [1.165, 1.54) is 12.1 Å². The number of hydrogen-bond donors (Lipinski definition) is 1. The van der Waals surface area contributed by atoms with Gasteiger partial charge in [0, 0.05) is 11.1 Å². The SMILES string of the molecule is NC(=O)c1cccc(OCc2cccc(Cl)c2F)c1. The van der Waals surface area contributed by atoms with Gasteiger partial charge in [0.25, 0.3) is 0 Å². The molecule has 0 aromatic heterocycles. The average molecular weight is 280 g/mol. The van der Waals surface area contributed by atoms with E-state index in [-0.39, 0.29) is 11.6 Å². The number of hydrogen-bond acceptors (Lipinski definition) is 2. The molecule has 3 nitrogen and oxygen atoms in total. The Morgan fingerprint density at radius 2 is 2.00 bits per heavy atom. The Morgan fingerprint density at radius 3 is 2.74 bits per heavy atom. The molecule has 0 bridgehead atoms. The average Bonchev–Trinajstić information content (AvgIpc) is 2.41. The highest BCUT2D eigenvalue weighted by Crippen LogP contribution is 2.20. The molecule has 19 heavy (non-hydrogen) atoms. The zero-order valence-electron chi connectivity index (χ0n) is 9.90. The van der Waals surface area contributed by atoms with Gasteiger partial charge in [-0.05, 0) is 24.3 Å². The first-order valence-corrected chi connectivity index (χ1v) is 5.91. The smallest absolute Gasteiger partial charge is 0.248 e. The Hall–Kier alpha value is -2.07. The van der Waals surface area contributed by atoms with Crippen LogP contribution in [0.2, 0.25) is 5.02 Å². The molecule has 0 atom stereocenters. The minimum absolute atomic E-state index is 0.0224.